The van der Waals surface area contributed by atoms with Crippen molar-refractivity contribution in [1.29, 1.82) is 0 Å². The summed E-state index contributed by atoms with van der Waals surface area (Å²) < 4.78 is 0. The Hall–Kier alpha value is -7.28. The van der Waals surface area contributed by atoms with Gasteiger partial charge < -0.3 is 0 Å². The highest BCUT2D eigenvalue weighted by atomic mass is 14.5. The molecule has 0 saturated heterocycles. The second-order valence-corrected chi connectivity index (χ2v) is 16.0. The fourth-order valence-electron chi connectivity index (χ4n) is 10.5. The van der Waals surface area contributed by atoms with Gasteiger partial charge in [0.05, 0.1) is 5.41 Å². The van der Waals surface area contributed by atoms with E-state index in [-0.39, 0.29) is 11.3 Å². The van der Waals surface area contributed by atoms with Crippen molar-refractivity contribution in [1.82, 2.24) is 0 Å². The van der Waals surface area contributed by atoms with Crippen molar-refractivity contribution in [3.05, 3.63) is 263 Å². The van der Waals surface area contributed by atoms with E-state index in [1.807, 2.05) is 0 Å². The van der Waals surface area contributed by atoms with E-state index in [0.29, 0.717) is 0 Å². The third kappa shape index (κ3) is 4.82. The molecule has 0 N–H and O–H groups in total. The van der Waals surface area contributed by atoms with Crippen molar-refractivity contribution in [3.8, 4) is 44.5 Å². The summed E-state index contributed by atoms with van der Waals surface area (Å²) in [6.07, 6.45) is 0. The average molecular weight is 735 g/mol. The lowest BCUT2D eigenvalue weighted by molar-refractivity contribution is 0.797. The van der Waals surface area contributed by atoms with Crippen LogP contribution in [0.25, 0.3) is 66.1 Å². The second kappa shape index (κ2) is 12.9. The summed E-state index contributed by atoms with van der Waals surface area (Å²) in [5.41, 5.74) is 19.0. The quantitative estimate of drug-likeness (QED) is 0.118. The van der Waals surface area contributed by atoms with Gasteiger partial charge in [-0.3, -0.25) is 0 Å². The molecule has 0 radical (unpaired) electrons. The zero-order valence-corrected chi connectivity index (χ0v) is 31.9. The minimum absolute atomic E-state index is 0.0898. The van der Waals surface area contributed by atoms with Gasteiger partial charge in [0.25, 0.3) is 0 Å². The van der Waals surface area contributed by atoms with Crippen LogP contribution in [0.3, 0.4) is 0 Å². The van der Waals surface area contributed by atoms with E-state index in [4.69, 9.17) is 0 Å². The van der Waals surface area contributed by atoms with Crippen LogP contribution in [-0.2, 0) is 5.41 Å². The molecule has 12 rings (SSSR count). The summed E-state index contributed by atoms with van der Waals surface area (Å²) in [5, 5.41) is 5.41. The van der Waals surface area contributed by atoms with Crippen molar-refractivity contribution in [3.63, 3.8) is 0 Å². The lowest BCUT2D eigenvalue weighted by Crippen LogP contribution is -2.26. The van der Waals surface area contributed by atoms with Gasteiger partial charge in [0.2, 0.25) is 0 Å². The first kappa shape index (κ1) is 32.9. The molecule has 0 nitrogen and oxygen atoms in total. The number of benzene rings is 10. The highest BCUT2D eigenvalue weighted by molar-refractivity contribution is 6.17. The van der Waals surface area contributed by atoms with Crippen LogP contribution in [0.5, 0.6) is 0 Å². The lowest BCUT2D eigenvalue weighted by atomic mass is 9.70. The predicted octanol–water partition coefficient (Wildman–Crippen LogP) is 14.9. The fourth-order valence-corrected chi connectivity index (χ4v) is 10.5. The summed E-state index contributed by atoms with van der Waals surface area (Å²) in [4.78, 5) is 0. The summed E-state index contributed by atoms with van der Waals surface area (Å²) in [5.74, 6) is 0.0898. The van der Waals surface area contributed by atoms with E-state index in [2.05, 4.69) is 224 Å². The Kier molecular flexibility index (Phi) is 7.31. The molecule has 0 amide bonds. The first-order valence-electron chi connectivity index (χ1n) is 20.4. The van der Waals surface area contributed by atoms with E-state index in [0.717, 1.165) is 0 Å². The minimum atomic E-state index is -0.374. The first-order valence-corrected chi connectivity index (χ1v) is 20.4. The van der Waals surface area contributed by atoms with Gasteiger partial charge >= 0.3 is 0 Å². The third-order valence-electron chi connectivity index (χ3n) is 12.9. The first-order chi connectivity index (χ1) is 28.8. The molecule has 1 unspecified atom stereocenters. The molecule has 0 heterocycles. The normalized spacial score (nSPS) is 13.6. The molecule has 10 aromatic rings. The zero-order valence-electron chi connectivity index (χ0n) is 31.9. The van der Waals surface area contributed by atoms with Crippen LogP contribution in [0, 0.1) is 0 Å². The smallest absolute Gasteiger partial charge is 0.0622 e. The maximum atomic E-state index is 2.50. The van der Waals surface area contributed by atoms with E-state index >= 15 is 0 Å². The third-order valence-corrected chi connectivity index (χ3v) is 12.9. The Morgan fingerprint density at radius 3 is 1.36 bits per heavy atom. The summed E-state index contributed by atoms with van der Waals surface area (Å²) in [6, 6.07) is 83.7. The Balaban J connectivity index is 0.981. The molecule has 1 spiro atoms. The Labute approximate surface area is 339 Å². The molecule has 0 saturated carbocycles. The number of hydrogen-bond acceptors (Lipinski definition) is 0. The van der Waals surface area contributed by atoms with Gasteiger partial charge in [0.15, 0.2) is 0 Å². The van der Waals surface area contributed by atoms with E-state index in [1.54, 1.807) is 0 Å². The van der Waals surface area contributed by atoms with Crippen LogP contribution in [0.4, 0.5) is 0 Å². The molecular weight excluding hydrogens is 697 g/mol. The maximum Gasteiger partial charge on any atom is 0.0726 e. The number of fused-ring (bicyclic) bond motifs is 7. The molecule has 58 heavy (non-hydrogen) atoms. The Morgan fingerprint density at radius 2 is 0.707 bits per heavy atom. The average Bonchev–Trinajstić information content (AvgIpc) is 3.77. The largest absolute Gasteiger partial charge is 0.0726 e. The second-order valence-electron chi connectivity index (χ2n) is 16.0. The van der Waals surface area contributed by atoms with Gasteiger partial charge in [-0.05, 0) is 117 Å². The molecule has 0 fully saturated rings. The fraction of sp³-hybridized carbons (Fsp3) is 0.0345. The molecule has 0 heteroatoms. The van der Waals surface area contributed by atoms with Crippen LogP contribution < -0.4 is 0 Å². The maximum absolute atomic E-state index is 2.50. The Bertz CT molecular complexity index is 3160. The molecule has 0 aliphatic heterocycles. The highest BCUT2D eigenvalue weighted by Crippen LogP contribution is 2.62. The SMILES string of the molecule is c1ccc(-c2cccc(C(c3ccccc3)c3cccc(-c4cccc(-c5ccc6c(c5)C5(c7ccccc7-6)c6cccc7ccc8cccc5c8c67)c4)c3)c2)cc1. The number of hydrogen-bond donors (Lipinski definition) is 0. The van der Waals surface area contributed by atoms with Crippen LogP contribution in [-0.4, -0.2) is 0 Å². The molecule has 2 aliphatic carbocycles. The summed E-state index contributed by atoms with van der Waals surface area (Å²) >= 11 is 0. The van der Waals surface area contributed by atoms with Crippen LogP contribution in [0.15, 0.2) is 224 Å². The monoisotopic (exact) mass is 734 g/mol. The van der Waals surface area contributed by atoms with Gasteiger partial charge in [-0.15, -0.1) is 0 Å². The van der Waals surface area contributed by atoms with Crippen molar-refractivity contribution < 1.29 is 0 Å². The van der Waals surface area contributed by atoms with Gasteiger partial charge in [-0.2, -0.15) is 0 Å². The van der Waals surface area contributed by atoms with Gasteiger partial charge in [0, 0.05) is 5.92 Å². The van der Waals surface area contributed by atoms with Crippen LogP contribution in [0.2, 0.25) is 0 Å². The predicted molar refractivity (Wildman–Crippen MR) is 242 cm³/mol. The van der Waals surface area contributed by atoms with Crippen molar-refractivity contribution in [2.75, 3.05) is 0 Å². The molecule has 0 bridgehead atoms. The van der Waals surface area contributed by atoms with Crippen molar-refractivity contribution >= 4 is 21.5 Å². The van der Waals surface area contributed by atoms with Crippen molar-refractivity contribution in [2.45, 2.75) is 11.3 Å². The van der Waals surface area contributed by atoms with Gasteiger partial charge in [-0.1, -0.05) is 212 Å². The molecular formula is C58H38. The van der Waals surface area contributed by atoms with Crippen LogP contribution in [0.1, 0.15) is 44.9 Å². The molecule has 10 aromatic carbocycles. The summed E-state index contributed by atoms with van der Waals surface area (Å²) in [6.45, 7) is 0. The van der Waals surface area contributed by atoms with E-state index < -0.39 is 0 Å². The summed E-state index contributed by atoms with van der Waals surface area (Å²) in [7, 11) is 0. The molecule has 270 valence electrons. The molecule has 2 aliphatic rings. The molecule has 0 aromatic heterocycles. The van der Waals surface area contributed by atoms with E-state index in [1.165, 1.54) is 105 Å². The Morgan fingerprint density at radius 1 is 0.259 bits per heavy atom. The molecule has 1 atom stereocenters. The standard InChI is InChI=1S/C58H38/c1-3-14-38(15-4-1)42-20-10-24-47(35-42)55(39-16-5-2-6-17-39)48-25-11-23-45(36-48)43-21-9-22-44(34-43)46-32-33-50-49-26-7-8-27-51(49)58(54(50)37-46)52-28-12-18-40-30-31-41-19-13-29-53(58)57(41)56(40)52/h1-37,55H. The lowest BCUT2D eigenvalue weighted by Gasteiger charge is -2.31. The van der Waals surface area contributed by atoms with Crippen molar-refractivity contribution in [2.24, 2.45) is 0 Å². The minimum Gasteiger partial charge on any atom is -0.0622 e. The van der Waals surface area contributed by atoms with Gasteiger partial charge in [-0.25, -0.2) is 0 Å². The van der Waals surface area contributed by atoms with E-state index in [9.17, 15) is 0 Å². The number of rotatable bonds is 6. The topological polar surface area (TPSA) is 0 Å². The van der Waals surface area contributed by atoms with Gasteiger partial charge in [0.1, 0.15) is 0 Å². The highest BCUT2D eigenvalue weighted by Gasteiger charge is 2.50. The zero-order chi connectivity index (χ0) is 38.2. The van der Waals surface area contributed by atoms with Crippen LogP contribution >= 0.6 is 0 Å².